The number of aryl methyl sites for hydroxylation is 1. The fraction of sp³-hybridized carbons (Fsp3) is 0.417. The van der Waals surface area contributed by atoms with Crippen molar-refractivity contribution in [2.24, 2.45) is 0 Å². The van der Waals surface area contributed by atoms with Crippen LogP contribution in [0.25, 0.3) is 5.76 Å². The van der Waals surface area contributed by atoms with Gasteiger partial charge in [0.15, 0.2) is 0 Å². The summed E-state index contributed by atoms with van der Waals surface area (Å²) in [6.07, 6.45) is 0. The average Bonchev–Trinajstić information content (AvgIpc) is 3.30. The molecule has 7 heteroatoms. The number of hydrogen-bond acceptors (Lipinski definition) is 6. The molecule has 1 fully saturated rings. The van der Waals surface area contributed by atoms with E-state index in [4.69, 9.17) is 4.74 Å². The van der Waals surface area contributed by atoms with Crippen LogP contribution in [0, 0.1) is 6.92 Å². The minimum absolute atomic E-state index is 0.142. The molecule has 3 rings (SSSR count). The molecule has 0 saturated carbocycles. The number of amides is 1. The summed E-state index contributed by atoms with van der Waals surface area (Å²) in [6, 6.07) is 8.36. The van der Waals surface area contributed by atoms with Gasteiger partial charge in [-0.1, -0.05) is 26.0 Å². The van der Waals surface area contributed by atoms with Crippen molar-refractivity contribution in [3.63, 3.8) is 0 Å². The molecule has 2 heterocycles. The van der Waals surface area contributed by atoms with E-state index in [1.165, 1.54) is 11.3 Å². The molecule has 1 unspecified atom stereocenters. The molecule has 31 heavy (non-hydrogen) atoms. The molecular weight excluding hydrogens is 412 g/mol. The van der Waals surface area contributed by atoms with Crippen LogP contribution in [0.15, 0.2) is 41.3 Å². The second-order valence-electron chi connectivity index (χ2n) is 7.45. The lowest BCUT2D eigenvalue weighted by Gasteiger charge is -2.27. The molecule has 0 bridgehead atoms. The number of carbonyl (C=O) groups excluding carboxylic acids is 2. The topological polar surface area (TPSA) is 70.1 Å². The van der Waals surface area contributed by atoms with Gasteiger partial charge in [-0.15, -0.1) is 11.3 Å². The lowest BCUT2D eigenvalue weighted by molar-refractivity contribution is -0.140. The quantitative estimate of drug-likeness (QED) is 0.358. The fourth-order valence-corrected chi connectivity index (χ4v) is 4.94. The van der Waals surface area contributed by atoms with Gasteiger partial charge in [0.05, 0.1) is 18.2 Å². The first kappa shape index (κ1) is 23.0. The van der Waals surface area contributed by atoms with Crippen molar-refractivity contribution in [1.29, 1.82) is 0 Å². The standard InChI is InChI=1S/C24H30N2O4S/c1-5-25(6-2)12-13-26-20(23-16(4)11-14-31-23)19(22(28)24(26)29)21(27)17-9-8-10-18(15-17)30-7-3/h8-11,14-15,20,27H,5-7,12-13H2,1-4H3/b21-19-. The molecule has 1 aromatic carbocycles. The zero-order valence-electron chi connectivity index (χ0n) is 18.6. The van der Waals surface area contributed by atoms with Crippen molar-refractivity contribution >= 4 is 28.8 Å². The maximum absolute atomic E-state index is 13.1. The number of thiophene rings is 1. The third-order valence-electron chi connectivity index (χ3n) is 5.66. The molecule has 1 saturated heterocycles. The van der Waals surface area contributed by atoms with Gasteiger partial charge in [0, 0.05) is 23.5 Å². The molecule has 0 aliphatic carbocycles. The van der Waals surface area contributed by atoms with Crippen LogP contribution in [0.3, 0.4) is 0 Å². The van der Waals surface area contributed by atoms with Crippen molar-refractivity contribution in [1.82, 2.24) is 9.80 Å². The van der Waals surface area contributed by atoms with Crippen LogP contribution in [-0.2, 0) is 9.59 Å². The summed E-state index contributed by atoms with van der Waals surface area (Å²) >= 11 is 1.50. The van der Waals surface area contributed by atoms with E-state index in [1.54, 1.807) is 29.2 Å². The van der Waals surface area contributed by atoms with Gasteiger partial charge in [0.2, 0.25) is 0 Å². The highest BCUT2D eigenvalue weighted by molar-refractivity contribution is 7.10. The number of ether oxygens (including phenoxy) is 1. The normalized spacial score (nSPS) is 18.2. The monoisotopic (exact) mass is 442 g/mol. The SMILES string of the molecule is CCOc1cccc(/C(O)=C2/C(=O)C(=O)N(CCN(CC)CC)C2c2sccc2C)c1. The van der Waals surface area contributed by atoms with Crippen LogP contribution >= 0.6 is 11.3 Å². The van der Waals surface area contributed by atoms with E-state index < -0.39 is 17.7 Å². The van der Waals surface area contributed by atoms with Gasteiger partial charge in [0.25, 0.3) is 11.7 Å². The highest BCUT2D eigenvalue weighted by Crippen LogP contribution is 2.42. The van der Waals surface area contributed by atoms with E-state index in [2.05, 4.69) is 18.7 Å². The summed E-state index contributed by atoms with van der Waals surface area (Å²) in [4.78, 5) is 30.8. The summed E-state index contributed by atoms with van der Waals surface area (Å²) in [5.74, 6) is -0.765. The number of Topliss-reactive ketones (excluding diaryl/α,β-unsaturated/α-hetero) is 1. The lowest BCUT2D eigenvalue weighted by atomic mass is 9.98. The van der Waals surface area contributed by atoms with Crippen molar-refractivity contribution in [3.05, 3.63) is 57.3 Å². The van der Waals surface area contributed by atoms with Gasteiger partial charge in [-0.2, -0.15) is 0 Å². The third kappa shape index (κ3) is 4.67. The van der Waals surface area contributed by atoms with Crippen LogP contribution in [0.5, 0.6) is 5.75 Å². The van der Waals surface area contributed by atoms with Crippen LogP contribution in [-0.4, -0.2) is 59.4 Å². The van der Waals surface area contributed by atoms with E-state index in [1.807, 2.05) is 25.3 Å². The van der Waals surface area contributed by atoms with Gasteiger partial charge in [-0.25, -0.2) is 0 Å². The second kappa shape index (κ2) is 10.1. The number of hydrogen-bond donors (Lipinski definition) is 1. The van der Waals surface area contributed by atoms with Gasteiger partial charge in [-0.3, -0.25) is 9.59 Å². The Morgan fingerprint density at radius 2 is 1.94 bits per heavy atom. The van der Waals surface area contributed by atoms with Crippen LogP contribution < -0.4 is 4.74 Å². The van der Waals surface area contributed by atoms with Crippen LogP contribution in [0.4, 0.5) is 0 Å². The first-order valence-electron chi connectivity index (χ1n) is 10.7. The number of carbonyl (C=O) groups is 2. The Hall–Kier alpha value is -2.64. The lowest BCUT2D eigenvalue weighted by Crippen LogP contribution is -2.37. The molecule has 0 spiro atoms. The maximum atomic E-state index is 13.1. The molecule has 6 nitrogen and oxygen atoms in total. The fourth-order valence-electron chi connectivity index (χ4n) is 3.89. The molecule has 0 radical (unpaired) electrons. The average molecular weight is 443 g/mol. The number of rotatable bonds is 9. The minimum Gasteiger partial charge on any atom is -0.507 e. The summed E-state index contributed by atoms with van der Waals surface area (Å²) in [5.41, 5.74) is 1.61. The van der Waals surface area contributed by atoms with Crippen molar-refractivity contribution in [2.75, 3.05) is 32.8 Å². The molecular formula is C24H30N2O4S. The zero-order valence-corrected chi connectivity index (χ0v) is 19.4. The Kier molecular flexibility index (Phi) is 7.51. The highest BCUT2D eigenvalue weighted by Gasteiger charge is 2.46. The predicted molar refractivity (Wildman–Crippen MR) is 123 cm³/mol. The van der Waals surface area contributed by atoms with E-state index in [-0.39, 0.29) is 11.3 Å². The number of aliphatic hydroxyl groups is 1. The number of ketones is 1. The second-order valence-corrected chi connectivity index (χ2v) is 8.40. The summed E-state index contributed by atoms with van der Waals surface area (Å²) in [5, 5.41) is 13.1. The van der Waals surface area contributed by atoms with Gasteiger partial charge >= 0.3 is 0 Å². The minimum atomic E-state index is -0.642. The molecule has 1 N–H and O–H groups in total. The Morgan fingerprint density at radius 3 is 2.55 bits per heavy atom. The van der Waals surface area contributed by atoms with E-state index in [9.17, 15) is 14.7 Å². The molecule has 2 aromatic rings. The van der Waals surface area contributed by atoms with E-state index in [0.29, 0.717) is 31.0 Å². The van der Waals surface area contributed by atoms with Crippen molar-refractivity contribution in [2.45, 2.75) is 33.7 Å². The molecule has 1 amide bonds. The van der Waals surface area contributed by atoms with Gasteiger partial charge < -0.3 is 19.6 Å². The Morgan fingerprint density at radius 1 is 1.19 bits per heavy atom. The number of nitrogens with zero attached hydrogens (tertiary/aromatic N) is 2. The number of likely N-dealkylation sites (N-methyl/N-ethyl adjacent to an activating group) is 1. The number of benzene rings is 1. The van der Waals surface area contributed by atoms with Crippen molar-refractivity contribution in [3.8, 4) is 5.75 Å². The van der Waals surface area contributed by atoms with Gasteiger partial charge in [0.1, 0.15) is 11.5 Å². The van der Waals surface area contributed by atoms with Crippen LogP contribution in [0.2, 0.25) is 0 Å². The predicted octanol–water partition coefficient (Wildman–Crippen LogP) is 4.22. The zero-order chi connectivity index (χ0) is 22.5. The Labute approximate surface area is 187 Å². The Bertz CT molecular complexity index is 977. The summed E-state index contributed by atoms with van der Waals surface area (Å²) < 4.78 is 5.54. The first-order chi connectivity index (χ1) is 14.9. The largest absolute Gasteiger partial charge is 0.507 e. The smallest absolute Gasteiger partial charge is 0.295 e. The number of aliphatic hydroxyl groups excluding tert-OH is 1. The molecule has 166 valence electrons. The Balaban J connectivity index is 2.08. The van der Waals surface area contributed by atoms with Crippen LogP contribution in [0.1, 0.15) is 42.8 Å². The molecule has 1 atom stereocenters. The summed E-state index contributed by atoms with van der Waals surface area (Å²) in [6.45, 7) is 11.3. The highest BCUT2D eigenvalue weighted by atomic mass is 32.1. The summed E-state index contributed by atoms with van der Waals surface area (Å²) in [7, 11) is 0. The van der Waals surface area contributed by atoms with Crippen molar-refractivity contribution < 1.29 is 19.4 Å². The molecule has 1 aliphatic rings. The molecule has 1 aliphatic heterocycles. The van der Waals surface area contributed by atoms with Gasteiger partial charge in [-0.05, 0) is 56.1 Å². The first-order valence-corrected chi connectivity index (χ1v) is 11.6. The third-order valence-corrected chi connectivity index (χ3v) is 6.73. The maximum Gasteiger partial charge on any atom is 0.295 e. The van der Waals surface area contributed by atoms with E-state index in [0.717, 1.165) is 23.5 Å². The molecule has 1 aromatic heterocycles. The number of likely N-dealkylation sites (tertiary alicyclic amines) is 1. The van der Waals surface area contributed by atoms with E-state index >= 15 is 0 Å².